The Kier molecular flexibility index (Phi) is 5.92. The summed E-state index contributed by atoms with van der Waals surface area (Å²) in [7, 11) is 0. The van der Waals surface area contributed by atoms with Gasteiger partial charge in [-0.25, -0.2) is 14.8 Å². The topological polar surface area (TPSA) is 100 Å². The first-order valence-electron chi connectivity index (χ1n) is 8.08. The second-order valence-electron chi connectivity index (χ2n) is 5.54. The Bertz CT molecular complexity index is 708. The molecule has 0 amide bonds. The van der Waals surface area contributed by atoms with Gasteiger partial charge in [0.1, 0.15) is 5.69 Å². The summed E-state index contributed by atoms with van der Waals surface area (Å²) in [6, 6.07) is 1.70. The summed E-state index contributed by atoms with van der Waals surface area (Å²) < 4.78 is 5.08. The number of H-pyrrole nitrogens is 1. The summed E-state index contributed by atoms with van der Waals surface area (Å²) in [6.45, 7) is 7.85. The van der Waals surface area contributed by atoms with Crippen molar-refractivity contribution in [3.05, 3.63) is 29.2 Å². The molecule has 0 radical (unpaired) electrons. The van der Waals surface area contributed by atoms with Crippen molar-refractivity contribution in [1.29, 1.82) is 0 Å². The number of hydrogen-bond donors (Lipinski definition) is 3. The molecule has 1 unspecified atom stereocenters. The number of carbonyl (C=O) groups is 1. The molecule has 0 saturated carbocycles. The molecule has 0 bridgehead atoms. The van der Waals surface area contributed by atoms with E-state index in [-0.39, 0.29) is 18.6 Å². The average Bonchev–Trinajstić information content (AvgIpc) is 2.87. The van der Waals surface area contributed by atoms with Crippen molar-refractivity contribution in [3.63, 3.8) is 0 Å². The first kappa shape index (κ1) is 17.9. The number of aromatic amines is 1. The zero-order valence-corrected chi connectivity index (χ0v) is 14.5. The van der Waals surface area contributed by atoms with Crippen LogP contribution in [-0.4, -0.2) is 45.3 Å². The quantitative estimate of drug-likeness (QED) is 0.673. The van der Waals surface area contributed by atoms with Gasteiger partial charge < -0.3 is 20.1 Å². The first-order valence-corrected chi connectivity index (χ1v) is 8.08. The Morgan fingerprint density at radius 2 is 2.17 bits per heavy atom. The Hall–Kier alpha value is -2.41. The van der Waals surface area contributed by atoms with Gasteiger partial charge in [0.15, 0.2) is 0 Å². The average molecular weight is 332 g/mol. The number of aryl methyl sites for hydroxylation is 1. The normalized spacial score (nSPS) is 12.0. The smallest absolute Gasteiger partial charge is 0.355 e. The van der Waals surface area contributed by atoms with Crippen LogP contribution in [0.15, 0.2) is 12.3 Å². The van der Waals surface area contributed by atoms with Gasteiger partial charge in [0.2, 0.25) is 5.95 Å². The third-order valence-electron chi connectivity index (χ3n) is 3.88. The van der Waals surface area contributed by atoms with Crippen molar-refractivity contribution in [3.8, 4) is 11.3 Å². The number of ether oxygens (including phenoxy) is 1. The molecule has 7 heteroatoms. The fourth-order valence-electron chi connectivity index (χ4n) is 2.57. The number of rotatable bonds is 7. The van der Waals surface area contributed by atoms with Gasteiger partial charge in [-0.15, -0.1) is 0 Å². The van der Waals surface area contributed by atoms with Crippen molar-refractivity contribution in [1.82, 2.24) is 15.0 Å². The molecule has 0 aromatic carbocycles. The van der Waals surface area contributed by atoms with E-state index in [1.807, 2.05) is 20.8 Å². The molecule has 0 aliphatic carbocycles. The summed E-state index contributed by atoms with van der Waals surface area (Å²) >= 11 is 0. The van der Waals surface area contributed by atoms with Gasteiger partial charge in [-0.05, 0) is 38.8 Å². The third kappa shape index (κ3) is 3.73. The predicted octanol–water partition coefficient (Wildman–Crippen LogP) is 2.45. The van der Waals surface area contributed by atoms with E-state index in [4.69, 9.17) is 4.74 Å². The van der Waals surface area contributed by atoms with Crippen LogP contribution in [0, 0.1) is 13.8 Å². The monoisotopic (exact) mass is 332 g/mol. The highest BCUT2D eigenvalue weighted by molar-refractivity contribution is 5.92. The lowest BCUT2D eigenvalue weighted by Crippen LogP contribution is -2.23. The van der Waals surface area contributed by atoms with E-state index in [1.165, 1.54) is 0 Å². The Morgan fingerprint density at radius 1 is 1.42 bits per heavy atom. The number of esters is 1. The maximum Gasteiger partial charge on any atom is 0.355 e. The molecule has 0 fully saturated rings. The highest BCUT2D eigenvalue weighted by Crippen LogP contribution is 2.29. The molecular formula is C17H24N4O3. The van der Waals surface area contributed by atoms with Crippen LogP contribution in [0.3, 0.4) is 0 Å². The molecule has 130 valence electrons. The first-order chi connectivity index (χ1) is 11.5. The Morgan fingerprint density at radius 3 is 2.79 bits per heavy atom. The fraction of sp³-hybridized carbons (Fsp3) is 0.471. The molecule has 2 aromatic heterocycles. The highest BCUT2D eigenvalue weighted by atomic mass is 16.5. The maximum atomic E-state index is 12.0. The SMILES string of the molecule is CCOC(=O)c1[nH]c(C)c(-c2ccnc(NC(CC)CO)n2)c1C. The van der Waals surface area contributed by atoms with Crippen LogP contribution in [0.25, 0.3) is 11.3 Å². The van der Waals surface area contributed by atoms with Gasteiger partial charge in [-0.3, -0.25) is 0 Å². The van der Waals surface area contributed by atoms with Crippen molar-refractivity contribution in [2.24, 2.45) is 0 Å². The molecule has 7 nitrogen and oxygen atoms in total. The van der Waals surface area contributed by atoms with Crippen LogP contribution in [0.2, 0.25) is 0 Å². The van der Waals surface area contributed by atoms with E-state index >= 15 is 0 Å². The zero-order chi connectivity index (χ0) is 17.7. The van der Waals surface area contributed by atoms with Crippen LogP contribution in [0.5, 0.6) is 0 Å². The summed E-state index contributed by atoms with van der Waals surface area (Å²) in [5.74, 6) is 0.0779. The van der Waals surface area contributed by atoms with Crippen molar-refractivity contribution in [2.45, 2.75) is 40.2 Å². The highest BCUT2D eigenvalue weighted by Gasteiger charge is 2.20. The minimum atomic E-state index is -0.372. The van der Waals surface area contributed by atoms with Crippen molar-refractivity contribution < 1.29 is 14.6 Å². The lowest BCUT2D eigenvalue weighted by molar-refractivity contribution is 0.0519. The van der Waals surface area contributed by atoms with E-state index in [0.29, 0.717) is 23.9 Å². The number of aromatic nitrogens is 3. The molecule has 0 aliphatic rings. The molecule has 2 rings (SSSR count). The Labute approximate surface area is 141 Å². The molecule has 3 N–H and O–H groups in total. The van der Waals surface area contributed by atoms with E-state index in [1.54, 1.807) is 19.2 Å². The molecule has 2 heterocycles. The van der Waals surface area contributed by atoms with Crippen LogP contribution >= 0.6 is 0 Å². The molecule has 2 aromatic rings. The second kappa shape index (κ2) is 7.92. The Balaban J connectivity index is 2.37. The van der Waals surface area contributed by atoms with Crippen LogP contribution in [0.1, 0.15) is 42.0 Å². The summed E-state index contributed by atoms with van der Waals surface area (Å²) in [4.78, 5) is 23.8. The molecular weight excluding hydrogens is 308 g/mol. The van der Waals surface area contributed by atoms with Crippen LogP contribution in [0.4, 0.5) is 5.95 Å². The number of nitrogens with one attached hydrogen (secondary N) is 2. The largest absolute Gasteiger partial charge is 0.461 e. The van der Waals surface area contributed by atoms with Gasteiger partial charge in [-0.1, -0.05) is 6.92 Å². The minimum Gasteiger partial charge on any atom is -0.461 e. The van der Waals surface area contributed by atoms with Gasteiger partial charge in [-0.2, -0.15) is 0 Å². The number of carbonyl (C=O) groups excluding carboxylic acids is 1. The summed E-state index contributed by atoms with van der Waals surface area (Å²) in [5.41, 5.74) is 3.65. The van der Waals surface area contributed by atoms with Crippen LogP contribution < -0.4 is 5.32 Å². The molecule has 0 spiro atoms. The molecule has 0 saturated heterocycles. The minimum absolute atomic E-state index is 0.0132. The number of nitrogens with zero attached hydrogens (tertiary/aromatic N) is 2. The molecule has 0 aliphatic heterocycles. The molecule has 1 atom stereocenters. The number of aliphatic hydroxyl groups excluding tert-OH is 1. The van der Waals surface area contributed by atoms with E-state index in [0.717, 1.165) is 23.2 Å². The van der Waals surface area contributed by atoms with Gasteiger partial charge in [0, 0.05) is 17.5 Å². The van der Waals surface area contributed by atoms with Gasteiger partial charge in [0.05, 0.1) is 24.9 Å². The summed E-state index contributed by atoms with van der Waals surface area (Å²) in [6.07, 6.45) is 2.42. The fourth-order valence-corrected chi connectivity index (χ4v) is 2.57. The lowest BCUT2D eigenvalue weighted by Gasteiger charge is -2.14. The number of hydrogen-bond acceptors (Lipinski definition) is 6. The number of aliphatic hydroxyl groups is 1. The van der Waals surface area contributed by atoms with Gasteiger partial charge >= 0.3 is 5.97 Å². The number of anilines is 1. The summed E-state index contributed by atoms with van der Waals surface area (Å²) in [5, 5.41) is 12.4. The van der Waals surface area contributed by atoms with E-state index < -0.39 is 0 Å². The molecule has 24 heavy (non-hydrogen) atoms. The third-order valence-corrected chi connectivity index (χ3v) is 3.88. The lowest BCUT2D eigenvalue weighted by atomic mass is 10.1. The van der Waals surface area contributed by atoms with Gasteiger partial charge in [0.25, 0.3) is 0 Å². The second-order valence-corrected chi connectivity index (χ2v) is 5.54. The van der Waals surface area contributed by atoms with Crippen molar-refractivity contribution in [2.75, 3.05) is 18.5 Å². The van der Waals surface area contributed by atoms with Crippen molar-refractivity contribution >= 4 is 11.9 Å². The van der Waals surface area contributed by atoms with Crippen LogP contribution in [-0.2, 0) is 4.74 Å². The van der Waals surface area contributed by atoms with E-state index in [2.05, 4.69) is 20.3 Å². The zero-order valence-electron chi connectivity index (χ0n) is 14.5. The maximum absolute atomic E-state index is 12.0. The van der Waals surface area contributed by atoms with E-state index in [9.17, 15) is 9.90 Å². The predicted molar refractivity (Wildman–Crippen MR) is 92.0 cm³/mol. The standard InChI is InChI=1S/C17H24N4O3/c1-5-12(9-22)20-17-18-8-7-13(21-17)14-10(3)15(19-11(14)4)16(23)24-6-2/h7-8,12,19,22H,5-6,9H2,1-4H3,(H,18,20,21).